The Morgan fingerprint density at radius 3 is 2.50 bits per heavy atom. The second-order valence-corrected chi connectivity index (χ2v) is 8.16. The second kappa shape index (κ2) is 9.86. The molecule has 2 aliphatic rings. The normalized spacial score (nSPS) is 18.2. The summed E-state index contributed by atoms with van der Waals surface area (Å²) in [5, 5.41) is 3.32. The number of nitrogens with one attached hydrogen (secondary N) is 1. The molecule has 5 nitrogen and oxygen atoms in total. The number of dihydropyridines is 1. The molecule has 1 N–H and O–H groups in total. The maximum Gasteiger partial charge on any atom is 0.336 e. The van der Waals surface area contributed by atoms with Crippen LogP contribution in [0.1, 0.15) is 50.2 Å². The average molecular weight is 432 g/mol. The minimum atomic E-state index is -0.416. The van der Waals surface area contributed by atoms with Crippen molar-refractivity contribution in [3.63, 3.8) is 0 Å². The van der Waals surface area contributed by atoms with E-state index in [2.05, 4.69) is 24.4 Å². The van der Waals surface area contributed by atoms with Crippen molar-refractivity contribution < 1.29 is 19.1 Å². The highest BCUT2D eigenvalue weighted by molar-refractivity contribution is 6.03. The topological polar surface area (TPSA) is 64.6 Å². The van der Waals surface area contributed by atoms with Crippen molar-refractivity contribution in [3.05, 3.63) is 88.3 Å². The smallest absolute Gasteiger partial charge is 0.336 e. The lowest BCUT2D eigenvalue weighted by Gasteiger charge is -2.34. The van der Waals surface area contributed by atoms with E-state index < -0.39 is 11.9 Å². The van der Waals surface area contributed by atoms with Crippen LogP contribution in [0.4, 0.5) is 0 Å². The Bertz CT molecular complexity index is 1050. The first kappa shape index (κ1) is 21.9. The maximum atomic E-state index is 13.2. The zero-order chi connectivity index (χ0) is 22.5. The van der Waals surface area contributed by atoms with E-state index in [0.29, 0.717) is 17.6 Å². The van der Waals surface area contributed by atoms with Crippen LogP contribution in [0.25, 0.3) is 0 Å². The number of carbonyl (C=O) groups is 2. The standard InChI is InChI=1S/C27H29NO4/c1-3-19-12-14-20(15-13-19)25-24(18(2)28-22-10-7-11-23(29)26(22)25)27(30)32-17-16-31-21-8-5-4-6-9-21/h4-6,8-9,12-15,25,28H,3,7,10-11,16-17H2,1-2H3. The van der Waals surface area contributed by atoms with Crippen molar-refractivity contribution in [2.45, 2.75) is 45.4 Å². The number of ketones is 1. The lowest BCUT2D eigenvalue weighted by atomic mass is 9.75. The number of Topliss-reactive ketones (excluding diaryl/α,β-unsaturated/α-hetero) is 1. The van der Waals surface area contributed by atoms with E-state index in [1.165, 1.54) is 5.56 Å². The molecule has 2 aromatic carbocycles. The summed E-state index contributed by atoms with van der Waals surface area (Å²) in [4.78, 5) is 26.1. The van der Waals surface area contributed by atoms with Crippen molar-refractivity contribution in [2.75, 3.05) is 13.2 Å². The number of hydrogen-bond donors (Lipinski definition) is 1. The molecular weight excluding hydrogens is 402 g/mol. The summed E-state index contributed by atoms with van der Waals surface area (Å²) in [5.74, 6) is 0.0111. The third-order valence-corrected chi connectivity index (χ3v) is 6.05. The zero-order valence-electron chi connectivity index (χ0n) is 18.6. The van der Waals surface area contributed by atoms with Gasteiger partial charge in [0.05, 0.1) is 5.57 Å². The van der Waals surface area contributed by atoms with Crippen molar-refractivity contribution in [1.29, 1.82) is 0 Å². The quantitative estimate of drug-likeness (QED) is 0.502. The minimum absolute atomic E-state index is 0.105. The molecule has 5 heteroatoms. The Hall–Kier alpha value is -3.34. The largest absolute Gasteiger partial charge is 0.490 e. The van der Waals surface area contributed by atoms with Gasteiger partial charge >= 0.3 is 5.97 Å². The minimum Gasteiger partial charge on any atom is -0.490 e. The van der Waals surface area contributed by atoms with E-state index in [-0.39, 0.29) is 19.0 Å². The molecule has 166 valence electrons. The zero-order valence-corrected chi connectivity index (χ0v) is 18.6. The SMILES string of the molecule is CCc1ccc(C2C(C(=O)OCCOc3ccccc3)=C(C)NC3=C2C(=O)CCC3)cc1. The van der Waals surface area contributed by atoms with Gasteiger partial charge in [-0.15, -0.1) is 0 Å². The van der Waals surface area contributed by atoms with E-state index in [1.54, 1.807) is 0 Å². The van der Waals surface area contributed by atoms with Crippen molar-refractivity contribution in [1.82, 2.24) is 5.32 Å². The van der Waals surface area contributed by atoms with Crippen LogP contribution >= 0.6 is 0 Å². The van der Waals surface area contributed by atoms with E-state index in [9.17, 15) is 9.59 Å². The van der Waals surface area contributed by atoms with Crippen LogP contribution in [0.5, 0.6) is 5.75 Å². The van der Waals surface area contributed by atoms with Crippen molar-refractivity contribution in [2.24, 2.45) is 0 Å². The summed E-state index contributed by atoms with van der Waals surface area (Å²) < 4.78 is 11.2. The highest BCUT2D eigenvalue weighted by Crippen LogP contribution is 2.42. The number of ether oxygens (including phenoxy) is 2. The van der Waals surface area contributed by atoms with Gasteiger partial charge in [-0.25, -0.2) is 4.79 Å². The molecule has 0 radical (unpaired) electrons. The molecule has 0 bridgehead atoms. The van der Waals surface area contributed by atoms with Crippen LogP contribution in [0.15, 0.2) is 77.1 Å². The van der Waals surface area contributed by atoms with Gasteiger partial charge < -0.3 is 14.8 Å². The van der Waals surface area contributed by atoms with Crippen molar-refractivity contribution >= 4 is 11.8 Å². The number of benzene rings is 2. The Kier molecular flexibility index (Phi) is 6.74. The van der Waals surface area contributed by atoms with Crippen LogP contribution in [0.2, 0.25) is 0 Å². The van der Waals surface area contributed by atoms with Crippen LogP contribution < -0.4 is 10.1 Å². The van der Waals surface area contributed by atoms with Gasteiger partial charge in [0.15, 0.2) is 5.78 Å². The predicted octanol–water partition coefficient (Wildman–Crippen LogP) is 4.84. The maximum absolute atomic E-state index is 13.2. The lowest BCUT2D eigenvalue weighted by Crippen LogP contribution is -2.34. The van der Waals surface area contributed by atoms with Crippen LogP contribution in [0.3, 0.4) is 0 Å². The van der Waals surface area contributed by atoms with Crippen LogP contribution in [-0.4, -0.2) is 25.0 Å². The highest BCUT2D eigenvalue weighted by atomic mass is 16.6. The monoisotopic (exact) mass is 431 g/mol. The Morgan fingerprint density at radius 1 is 1.03 bits per heavy atom. The molecule has 0 fully saturated rings. The summed E-state index contributed by atoms with van der Waals surface area (Å²) >= 11 is 0. The first-order chi connectivity index (χ1) is 15.6. The summed E-state index contributed by atoms with van der Waals surface area (Å²) in [6, 6.07) is 17.6. The van der Waals surface area contributed by atoms with Gasteiger partial charge in [-0.3, -0.25) is 4.79 Å². The van der Waals surface area contributed by atoms with E-state index >= 15 is 0 Å². The van der Waals surface area contributed by atoms with E-state index in [0.717, 1.165) is 42.0 Å². The molecule has 0 amide bonds. The first-order valence-electron chi connectivity index (χ1n) is 11.3. The molecule has 4 rings (SSSR count). The molecule has 1 aliphatic heterocycles. The molecule has 0 saturated heterocycles. The molecular formula is C27H29NO4. The van der Waals surface area contributed by atoms with Crippen LogP contribution in [-0.2, 0) is 20.7 Å². The first-order valence-corrected chi connectivity index (χ1v) is 11.3. The van der Waals surface area contributed by atoms with Gasteiger partial charge in [-0.1, -0.05) is 49.4 Å². The number of carbonyl (C=O) groups excluding carboxylic acids is 2. The summed E-state index contributed by atoms with van der Waals surface area (Å²) in [7, 11) is 0. The number of aryl methyl sites for hydroxylation is 1. The fraction of sp³-hybridized carbons (Fsp3) is 0.333. The van der Waals surface area contributed by atoms with E-state index in [1.807, 2.05) is 49.4 Å². The molecule has 0 spiro atoms. The fourth-order valence-corrected chi connectivity index (χ4v) is 4.42. The number of allylic oxidation sites excluding steroid dienone is 3. The molecule has 32 heavy (non-hydrogen) atoms. The van der Waals surface area contributed by atoms with Gasteiger partial charge in [0.1, 0.15) is 19.0 Å². The fourth-order valence-electron chi connectivity index (χ4n) is 4.42. The lowest BCUT2D eigenvalue weighted by molar-refractivity contribution is -0.140. The highest BCUT2D eigenvalue weighted by Gasteiger charge is 2.39. The van der Waals surface area contributed by atoms with Gasteiger partial charge in [0.2, 0.25) is 0 Å². The van der Waals surface area contributed by atoms with Gasteiger partial charge in [0.25, 0.3) is 0 Å². The Balaban J connectivity index is 1.56. The number of para-hydroxylation sites is 1. The van der Waals surface area contributed by atoms with Crippen LogP contribution in [0, 0.1) is 0 Å². The molecule has 0 aromatic heterocycles. The molecule has 1 heterocycles. The number of rotatable bonds is 7. The number of esters is 1. The summed E-state index contributed by atoms with van der Waals surface area (Å²) in [6.45, 7) is 4.38. The molecule has 1 unspecified atom stereocenters. The molecule has 1 aliphatic carbocycles. The average Bonchev–Trinajstić information content (AvgIpc) is 2.82. The molecule has 1 atom stereocenters. The van der Waals surface area contributed by atoms with Gasteiger partial charge in [0, 0.05) is 29.3 Å². The summed E-state index contributed by atoms with van der Waals surface area (Å²) in [6.07, 6.45) is 3.09. The van der Waals surface area contributed by atoms with E-state index in [4.69, 9.17) is 9.47 Å². The van der Waals surface area contributed by atoms with Gasteiger partial charge in [-0.05, 0) is 49.4 Å². The third-order valence-electron chi connectivity index (χ3n) is 6.05. The van der Waals surface area contributed by atoms with Crippen molar-refractivity contribution in [3.8, 4) is 5.75 Å². The second-order valence-electron chi connectivity index (χ2n) is 8.16. The Labute approximate surface area is 189 Å². The Morgan fingerprint density at radius 2 is 1.78 bits per heavy atom. The third kappa shape index (κ3) is 4.62. The number of hydrogen-bond acceptors (Lipinski definition) is 5. The predicted molar refractivity (Wildman–Crippen MR) is 123 cm³/mol. The summed E-state index contributed by atoms with van der Waals surface area (Å²) in [5.41, 5.74) is 5.05. The van der Waals surface area contributed by atoms with Gasteiger partial charge in [-0.2, -0.15) is 0 Å². The molecule has 0 saturated carbocycles. The molecule has 2 aromatic rings.